The van der Waals surface area contributed by atoms with Crippen LogP contribution in [-0.4, -0.2) is 24.8 Å². The van der Waals surface area contributed by atoms with Crippen molar-refractivity contribution in [3.05, 3.63) is 90.5 Å². The van der Waals surface area contributed by atoms with E-state index in [1.807, 2.05) is 37.3 Å². The van der Waals surface area contributed by atoms with E-state index in [1.165, 1.54) is 16.7 Å². The Hall–Kier alpha value is -3.53. The maximum absolute atomic E-state index is 12.2. The molecule has 3 aromatic carbocycles. The summed E-state index contributed by atoms with van der Waals surface area (Å²) in [6.07, 6.45) is 2.58. The van der Waals surface area contributed by atoms with E-state index in [9.17, 15) is 4.79 Å². The lowest BCUT2D eigenvalue weighted by molar-refractivity contribution is -0.160. The number of hydrogen-bond donors (Lipinski definition) is 0. The fraction of sp³-hybridized carbons (Fsp3) is 0.276. The third-order valence-corrected chi connectivity index (χ3v) is 5.64. The van der Waals surface area contributed by atoms with Gasteiger partial charge in [0.15, 0.2) is 0 Å². The highest BCUT2D eigenvalue weighted by atomic mass is 16.6. The van der Waals surface area contributed by atoms with E-state index in [4.69, 9.17) is 14.2 Å². The monoisotopic (exact) mass is 444 g/mol. The molecule has 0 bridgehead atoms. The summed E-state index contributed by atoms with van der Waals surface area (Å²) in [6, 6.07) is 26.2. The molecule has 4 heteroatoms. The van der Waals surface area contributed by atoms with Gasteiger partial charge in [-0.25, -0.2) is 4.79 Å². The molecule has 0 heterocycles. The highest BCUT2D eigenvalue weighted by molar-refractivity contribution is 5.79. The topological polar surface area (TPSA) is 44.8 Å². The Morgan fingerprint density at radius 3 is 2.06 bits per heavy atom. The molecule has 3 rings (SSSR count). The molecular formula is C29H32O4. The smallest absolute Gasteiger partial charge is 0.350 e. The van der Waals surface area contributed by atoms with E-state index < -0.39 is 5.60 Å². The average Bonchev–Trinajstić information content (AvgIpc) is 2.85. The number of rotatable bonds is 10. The summed E-state index contributed by atoms with van der Waals surface area (Å²) >= 11 is 0. The SMILES string of the molecule is CCOC(=O)[C@@](C)(CC)Oc1ccc(OC/C=C(\C)c2ccc(-c3ccccc3)cc2)cc1. The Balaban J connectivity index is 1.56. The molecule has 0 fully saturated rings. The number of ether oxygens (including phenoxy) is 3. The number of carbonyl (C=O) groups excluding carboxylic acids is 1. The predicted molar refractivity (Wildman–Crippen MR) is 133 cm³/mol. The minimum absolute atomic E-state index is 0.328. The van der Waals surface area contributed by atoms with Crippen LogP contribution >= 0.6 is 0 Å². The number of benzene rings is 3. The van der Waals surface area contributed by atoms with Gasteiger partial charge in [0.05, 0.1) is 6.61 Å². The molecule has 0 aliphatic carbocycles. The molecule has 0 radical (unpaired) electrons. The Labute approximate surface area is 196 Å². The largest absolute Gasteiger partial charge is 0.490 e. The van der Waals surface area contributed by atoms with Crippen LogP contribution < -0.4 is 9.47 Å². The van der Waals surface area contributed by atoms with Crippen LogP contribution in [0.15, 0.2) is 84.9 Å². The van der Waals surface area contributed by atoms with Gasteiger partial charge in [-0.05, 0) is 79.8 Å². The first kappa shape index (κ1) is 24.1. The standard InChI is InChI=1S/C29H32O4/c1-5-29(4,28(30)31-6-2)33-27-18-16-26(17-19-27)32-21-20-22(3)23-12-14-25(15-13-23)24-10-8-7-9-11-24/h7-20H,5-6,21H2,1-4H3/b22-20+/t29-/m1/s1. The maximum Gasteiger partial charge on any atom is 0.350 e. The van der Waals surface area contributed by atoms with Crippen LogP contribution in [0.2, 0.25) is 0 Å². The van der Waals surface area contributed by atoms with E-state index in [1.54, 1.807) is 26.0 Å². The molecule has 4 nitrogen and oxygen atoms in total. The zero-order valence-electron chi connectivity index (χ0n) is 19.8. The van der Waals surface area contributed by atoms with Gasteiger partial charge in [0, 0.05) is 0 Å². The van der Waals surface area contributed by atoms with E-state index in [0.29, 0.717) is 25.4 Å². The fourth-order valence-corrected chi connectivity index (χ4v) is 3.34. The zero-order valence-corrected chi connectivity index (χ0v) is 19.8. The molecule has 0 unspecified atom stereocenters. The van der Waals surface area contributed by atoms with Gasteiger partial charge in [0.2, 0.25) is 5.60 Å². The van der Waals surface area contributed by atoms with Gasteiger partial charge in [0.25, 0.3) is 0 Å². The second kappa shape index (κ2) is 11.4. The molecule has 0 aliphatic heterocycles. The summed E-state index contributed by atoms with van der Waals surface area (Å²) in [7, 11) is 0. The molecule has 33 heavy (non-hydrogen) atoms. The number of carbonyl (C=O) groups is 1. The molecule has 1 atom stereocenters. The van der Waals surface area contributed by atoms with Crippen LogP contribution in [0.1, 0.15) is 39.7 Å². The quantitative estimate of drug-likeness (QED) is 0.318. The van der Waals surface area contributed by atoms with Crippen molar-refractivity contribution in [2.45, 2.75) is 39.7 Å². The Kier molecular flexibility index (Phi) is 8.31. The number of esters is 1. The lowest BCUT2D eigenvalue weighted by Gasteiger charge is -2.27. The molecule has 0 amide bonds. The van der Waals surface area contributed by atoms with Crippen LogP contribution in [-0.2, 0) is 9.53 Å². The van der Waals surface area contributed by atoms with E-state index in [0.717, 1.165) is 11.3 Å². The van der Waals surface area contributed by atoms with Crippen molar-refractivity contribution < 1.29 is 19.0 Å². The van der Waals surface area contributed by atoms with Crippen LogP contribution in [0, 0.1) is 0 Å². The van der Waals surface area contributed by atoms with E-state index >= 15 is 0 Å². The minimum Gasteiger partial charge on any atom is -0.490 e. The van der Waals surface area contributed by atoms with Crippen molar-refractivity contribution >= 4 is 11.5 Å². The molecule has 3 aromatic rings. The van der Waals surface area contributed by atoms with Crippen molar-refractivity contribution in [2.75, 3.05) is 13.2 Å². The molecule has 172 valence electrons. The second-order valence-corrected chi connectivity index (χ2v) is 8.02. The summed E-state index contributed by atoms with van der Waals surface area (Å²) in [4.78, 5) is 12.2. The van der Waals surface area contributed by atoms with Crippen LogP contribution in [0.5, 0.6) is 11.5 Å². The zero-order chi connectivity index (χ0) is 23.7. The van der Waals surface area contributed by atoms with Crippen LogP contribution in [0.3, 0.4) is 0 Å². The Bertz CT molecular complexity index is 1050. The van der Waals surface area contributed by atoms with Gasteiger partial charge in [-0.1, -0.05) is 61.5 Å². The van der Waals surface area contributed by atoms with Gasteiger partial charge >= 0.3 is 5.97 Å². The first-order chi connectivity index (χ1) is 15.9. The normalized spacial score (nSPS) is 13.2. The predicted octanol–water partition coefficient (Wildman–Crippen LogP) is 6.95. The van der Waals surface area contributed by atoms with Crippen molar-refractivity contribution in [3.63, 3.8) is 0 Å². The molecule has 0 aliphatic rings. The fourth-order valence-electron chi connectivity index (χ4n) is 3.34. The number of allylic oxidation sites excluding steroid dienone is 1. The highest BCUT2D eigenvalue weighted by Gasteiger charge is 2.35. The van der Waals surface area contributed by atoms with Gasteiger partial charge in [-0.15, -0.1) is 0 Å². The third kappa shape index (κ3) is 6.48. The molecular weight excluding hydrogens is 412 g/mol. The first-order valence-electron chi connectivity index (χ1n) is 11.4. The van der Waals surface area contributed by atoms with Crippen molar-refractivity contribution in [1.29, 1.82) is 0 Å². The lowest BCUT2D eigenvalue weighted by Crippen LogP contribution is -2.42. The Morgan fingerprint density at radius 1 is 0.848 bits per heavy atom. The molecule has 0 aromatic heterocycles. The van der Waals surface area contributed by atoms with Crippen molar-refractivity contribution in [2.24, 2.45) is 0 Å². The van der Waals surface area contributed by atoms with Gasteiger partial charge < -0.3 is 14.2 Å². The minimum atomic E-state index is -1.01. The summed E-state index contributed by atoms with van der Waals surface area (Å²) in [5, 5.41) is 0. The summed E-state index contributed by atoms with van der Waals surface area (Å²) < 4.78 is 16.9. The van der Waals surface area contributed by atoms with Crippen LogP contribution in [0.25, 0.3) is 16.7 Å². The summed E-state index contributed by atoms with van der Waals surface area (Å²) in [5.41, 5.74) is 3.73. The van der Waals surface area contributed by atoms with E-state index in [2.05, 4.69) is 49.4 Å². The van der Waals surface area contributed by atoms with Gasteiger partial charge in [-0.2, -0.15) is 0 Å². The first-order valence-corrected chi connectivity index (χ1v) is 11.4. The van der Waals surface area contributed by atoms with Crippen molar-refractivity contribution in [3.8, 4) is 22.6 Å². The molecule has 0 spiro atoms. The molecule has 0 N–H and O–H groups in total. The Morgan fingerprint density at radius 2 is 1.45 bits per heavy atom. The lowest BCUT2D eigenvalue weighted by atomic mass is 10.0. The molecule has 0 saturated carbocycles. The van der Waals surface area contributed by atoms with Crippen LogP contribution in [0.4, 0.5) is 0 Å². The number of hydrogen-bond acceptors (Lipinski definition) is 4. The van der Waals surface area contributed by atoms with Crippen molar-refractivity contribution in [1.82, 2.24) is 0 Å². The average molecular weight is 445 g/mol. The highest BCUT2D eigenvalue weighted by Crippen LogP contribution is 2.26. The maximum atomic E-state index is 12.2. The van der Waals surface area contributed by atoms with Gasteiger partial charge in [-0.3, -0.25) is 0 Å². The summed E-state index contributed by atoms with van der Waals surface area (Å²) in [5.74, 6) is 0.982. The molecule has 0 saturated heterocycles. The summed E-state index contributed by atoms with van der Waals surface area (Å²) in [6.45, 7) is 8.30. The third-order valence-electron chi connectivity index (χ3n) is 5.64. The second-order valence-electron chi connectivity index (χ2n) is 8.02. The van der Waals surface area contributed by atoms with Gasteiger partial charge in [0.1, 0.15) is 18.1 Å². The van der Waals surface area contributed by atoms with E-state index in [-0.39, 0.29) is 5.97 Å².